The number of hydrogen-bond donors (Lipinski definition) is 2. The summed E-state index contributed by atoms with van der Waals surface area (Å²) < 4.78 is 38.9. The van der Waals surface area contributed by atoms with E-state index >= 15 is 0 Å². The van der Waals surface area contributed by atoms with Gasteiger partial charge in [-0.3, -0.25) is 0 Å². The van der Waals surface area contributed by atoms with E-state index in [9.17, 15) is 13.2 Å². The van der Waals surface area contributed by atoms with Crippen molar-refractivity contribution in [3.63, 3.8) is 0 Å². The minimum Gasteiger partial charge on any atom is -0.340 e. The molecule has 6 nitrogen and oxygen atoms in total. The minimum absolute atomic E-state index is 0.320. The summed E-state index contributed by atoms with van der Waals surface area (Å²) in [6.45, 7) is 0. The van der Waals surface area contributed by atoms with Gasteiger partial charge in [-0.2, -0.15) is 23.4 Å². The molecule has 158 valence electrons. The molecule has 0 aliphatic heterocycles. The molecule has 32 heavy (non-hydrogen) atoms. The Kier molecular flexibility index (Phi) is 4.78. The van der Waals surface area contributed by atoms with Crippen molar-refractivity contribution < 1.29 is 13.2 Å². The van der Waals surface area contributed by atoms with Gasteiger partial charge >= 0.3 is 6.18 Å². The normalized spacial score (nSPS) is 11.6. The number of anilines is 2. The van der Waals surface area contributed by atoms with Crippen LogP contribution in [0.2, 0.25) is 0 Å². The summed E-state index contributed by atoms with van der Waals surface area (Å²) in [5.41, 5.74) is 3.29. The van der Waals surface area contributed by atoms with Gasteiger partial charge in [-0.1, -0.05) is 12.1 Å². The highest BCUT2D eigenvalue weighted by Crippen LogP contribution is 2.32. The molecular weight excluding hydrogens is 417 g/mol. The molecule has 2 N–H and O–H groups in total. The van der Waals surface area contributed by atoms with Crippen molar-refractivity contribution in [1.29, 1.82) is 0 Å². The average molecular weight is 432 g/mol. The number of nitrogens with zero attached hydrogens (tertiary/aromatic N) is 4. The zero-order chi connectivity index (χ0) is 22.1. The first-order valence-electron chi connectivity index (χ1n) is 9.64. The van der Waals surface area contributed by atoms with Crippen LogP contribution in [0.15, 0.2) is 79.1 Å². The molecule has 0 spiro atoms. The number of benzene rings is 2. The van der Waals surface area contributed by atoms with E-state index in [1.807, 2.05) is 36.4 Å². The van der Waals surface area contributed by atoms with Gasteiger partial charge in [-0.25, -0.2) is 9.97 Å². The summed E-state index contributed by atoms with van der Waals surface area (Å²) in [6, 6.07) is 18.3. The van der Waals surface area contributed by atoms with Crippen LogP contribution in [-0.2, 0) is 6.18 Å². The molecule has 0 saturated carbocycles. The predicted octanol–water partition coefficient (Wildman–Crippen LogP) is 5.84. The lowest BCUT2D eigenvalue weighted by Crippen LogP contribution is -2.04. The quantitative estimate of drug-likeness (QED) is 0.373. The lowest BCUT2D eigenvalue weighted by molar-refractivity contribution is -0.137. The number of hydrogen-bond acceptors (Lipinski definition) is 5. The maximum absolute atomic E-state index is 13.0. The minimum atomic E-state index is -4.41. The lowest BCUT2D eigenvalue weighted by Gasteiger charge is -2.07. The van der Waals surface area contributed by atoms with E-state index in [1.165, 1.54) is 6.07 Å². The van der Waals surface area contributed by atoms with Crippen LogP contribution in [0.4, 0.5) is 24.7 Å². The topological polar surface area (TPSA) is 79.4 Å². The van der Waals surface area contributed by atoms with Crippen LogP contribution in [0.25, 0.3) is 33.7 Å². The van der Waals surface area contributed by atoms with Crippen LogP contribution in [0.3, 0.4) is 0 Å². The summed E-state index contributed by atoms with van der Waals surface area (Å²) in [5, 5.41) is 11.2. The summed E-state index contributed by atoms with van der Waals surface area (Å²) in [4.78, 5) is 11.7. The molecule has 0 fully saturated rings. The number of aromatic amines is 1. The molecule has 9 heteroatoms. The van der Waals surface area contributed by atoms with Crippen LogP contribution in [0.5, 0.6) is 0 Å². The third-order valence-corrected chi connectivity index (χ3v) is 4.87. The zero-order valence-electron chi connectivity index (χ0n) is 16.4. The zero-order valence-corrected chi connectivity index (χ0v) is 16.4. The summed E-state index contributed by atoms with van der Waals surface area (Å²) >= 11 is 0. The van der Waals surface area contributed by atoms with E-state index in [4.69, 9.17) is 0 Å². The number of imidazole rings is 1. The molecule has 0 aliphatic carbocycles. The molecule has 0 amide bonds. The Morgan fingerprint density at radius 2 is 1.69 bits per heavy atom. The number of halogens is 3. The SMILES string of the molecule is FC(F)(F)c1ccc2nc(-c3ccnc(Nc4ccc(-c5cccnn5)cc4)c3)[nH]c2c1. The molecule has 3 heterocycles. The van der Waals surface area contributed by atoms with Gasteiger partial charge in [-0.05, 0) is 54.6 Å². The molecule has 0 radical (unpaired) electrons. The smallest absolute Gasteiger partial charge is 0.340 e. The van der Waals surface area contributed by atoms with Gasteiger partial charge in [0.15, 0.2) is 0 Å². The highest BCUT2D eigenvalue weighted by atomic mass is 19.4. The largest absolute Gasteiger partial charge is 0.416 e. The standard InChI is InChI=1S/C23H15F3N6/c24-23(25,26)16-5-8-19-20(13-16)31-22(30-19)15-9-11-27-21(12-15)29-17-6-3-14(4-7-17)18-2-1-10-28-32-18/h1-13H,(H,27,29)(H,30,31). The molecule has 5 aromatic rings. The van der Waals surface area contributed by atoms with E-state index in [1.54, 1.807) is 24.5 Å². The molecule has 0 atom stereocenters. The third kappa shape index (κ3) is 4.00. The van der Waals surface area contributed by atoms with Crippen molar-refractivity contribution in [2.24, 2.45) is 0 Å². The third-order valence-electron chi connectivity index (χ3n) is 4.87. The fourth-order valence-electron chi connectivity index (χ4n) is 3.30. The van der Waals surface area contributed by atoms with E-state index < -0.39 is 11.7 Å². The second-order valence-corrected chi connectivity index (χ2v) is 7.06. The van der Waals surface area contributed by atoms with Gasteiger partial charge in [0.05, 0.1) is 22.3 Å². The van der Waals surface area contributed by atoms with Crippen LogP contribution >= 0.6 is 0 Å². The number of alkyl halides is 3. The van der Waals surface area contributed by atoms with Crippen molar-refractivity contribution >= 4 is 22.5 Å². The fourth-order valence-corrected chi connectivity index (χ4v) is 3.30. The molecule has 0 aliphatic rings. The lowest BCUT2D eigenvalue weighted by atomic mass is 10.1. The molecule has 2 aromatic carbocycles. The Bertz CT molecular complexity index is 1380. The first-order chi connectivity index (χ1) is 15.5. The van der Waals surface area contributed by atoms with Crippen LogP contribution in [0, 0.1) is 0 Å². The number of fused-ring (bicyclic) bond motifs is 1. The van der Waals surface area contributed by atoms with Crippen molar-refractivity contribution in [3.05, 3.63) is 84.7 Å². The van der Waals surface area contributed by atoms with Crippen molar-refractivity contribution in [2.45, 2.75) is 6.18 Å². The fraction of sp³-hybridized carbons (Fsp3) is 0.0435. The van der Waals surface area contributed by atoms with Crippen LogP contribution in [0.1, 0.15) is 5.56 Å². The Morgan fingerprint density at radius 1 is 0.844 bits per heavy atom. The predicted molar refractivity (Wildman–Crippen MR) is 115 cm³/mol. The first-order valence-corrected chi connectivity index (χ1v) is 9.64. The number of rotatable bonds is 4. The summed E-state index contributed by atoms with van der Waals surface area (Å²) in [5.74, 6) is 1.04. The van der Waals surface area contributed by atoms with E-state index in [-0.39, 0.29) is 0 Å². The summed E-state index contributed by atoms with van der Waals surface area (Å²) in [7, 11) is 0. The van der Waals surface area contributed by atoms with E-state index in [2.05, 4.69) is 30.5 Å². The number of aromatic nitrogens is 5. The molecule has 0 saturated heterocycles. The van der Waals surface area contributed by atoms with Gasteiger partial charge < -0.3 is 10.3 Å². The van der Waals surface area contributed by atoms with Crippen LogP contribution < -0.4 is 5.32 Å². The first kappa shape index (κ1) is 19.7. The Morgan fingerprint density at radius 3 is 2.44 bits per heavy atom. The van der Waals surface area contributed by atoms with Crippen LogP contribution in [-0.4, -0.2) is 25.1 Å². The Hall–Kier alpha value is -4.27. The van der Waals surface area contributed by atoms with E-state index in [0.29, 0.717) is 28.2 Å². The number of H-pyrrole nitrogens is 1. The van der Waals surface area contributed by atoms with Crippen molar-refractivity contribution in [3.8, 4) is 22.6 Å². The molecular formula is C23H15F3N6. The number of pyridine rings is 1. The van der Waals surface area contributed by atoms with E-state index in [0.717, 1.165) is 29.1 Å². The maximum Gasteiger partial charge on any atom is 0.416 e. The molecule has 5 rings (SSSR count). The Balaban J connectivity index is 1.39. The van der Waals surface area contributed by atoms with Crippen molar-refractivity contribution in [2.75, 3.05) is 5.32 Å². The molecule has 0 unspecified atom stereocenters. The highest BCUT2D eigenvalue weighted by Gasteiger charge is 2.30. The second kappa shape index (κ2) is 7.77. The maximum atomic E-state index is 13.0. The van der Waals surface area contributed by atoms with Gasteiger partial charge in [0, 0.05) is 29.2 Å². The highest BCUT2D eigenvalue weighted by molar-refractivity contribution is 5.80. The van der Waals surface area contributed by atoms with Gasteiger partial charge in [0.25, 0.3) is 0 Å². The van der Waals surface area contributed by atoms with Gasteiger partial charge in [0.1, 0.15) is 11.6 Å². The van der Waals surface area contributed by atoms with Gasteiger partial charge in [-0.15, -0.1) is 0 Å². The second-order valence-electron chi connectivity index (χ2n) is 7.06. The number of nitrogens with one attached hydrogen (secondary N) is 2. The van der Waals surface area contributed by atoms with Gasteiger partial charge in [0.2, 0.25) is 0 Å². The summed E-state index contributed by atoms with van der Waals surface area (Å²) in [6.07, 6.45) is -1.18. The Labute approximate surface area is 180 Å². The monoisotopic (exact) mass is 432 g/mol. The molecule has 0 bridgehead atoms. The van der Waals surface area contributed by atoms with Crippen molar-refractivity contribution in [1.82, 2.24) is 25.1 Å². The molecule has 3 aromatic heterocycles. The average Bonchev–Trinajstić information content (AvgIpc) is 3.23.